The molecule has 1 heterocycles. The maximum absolute atomic E-state index is 11.6. The highest BCUT2D eigenvalue weighted by Crippen LogP contribution is 2.47. The molecule has 2 fully saturated rings. The van der Waals surface area contributed by atoms with Crippen LogP contribution in [0.25, 0.3) is 0 Å². The highest BCUT2D eigenvalue weighted by Gasteiger charge is 2.48. The first-order valence-corrected chi connectivity index (χ1v) is 5.33. The van der Waals surface area contributed by atoms with Crippen molar-refractivity contribution in [3.05, 3.63) is 0 Å². The Balaban J connectivity index is 2.09. The van der Waals surface area contributed by atoms with Crippen molar-refractivity contribution in [3.63, 3.8) is 0 Å². The number of hydrogen-bond donors (Lipinski definition) is 0. The molecule has 1 aliphatic heterocycles. The minimum atomic E-state index is -0.0775. The van der Waals surface area contributed by atoms with E-state index in [1.165, 1.54) is 12.8 Å². The third-order valence-corrected chi connectivity index (χ3v) is 3.65. The summed E-state index contributed by atoms with van der Waals surface area (Å²) in [4.78, 5) is 11.6. The van der Waals surface area contributed by atoms with Gasteiger partial charge in [0, 0.05) is 6.42 Å². The lowest BCUT2D eigenvalue weighted by Crippen LogP contribution is -2.31. The Hall–Kier alpha value is -0.530. The second-order valence-electron chi connectivity index (χ2n) is 4.88. The van der Waals surface area contributed by atoms with Crippen LogP contribution in [-0.2, 0) is 9.53 Å². The van der Waals surface area contributed by atoms with E-state index < -0.39 is 0 Å². The summed E-state index contributed by atoms with van der Waals surface area (Å²) in [6.45, 7) is 4.28. The van der Waals surface area contributed by atoms with Gasteiger partial charge in [0.15, 0.2) is 0 Å². The van der Waals surface area contributed by atoms with Gasteiger partial charge < -0.3 is 4.74 Å². The van der Waals surface area contributed by atoms with Crippen molar-refractivity contribution < 1.29 is 9.53 Å². The number of ether oxygens (including phenoxy) is 1. The third-order valence-electron chi connectivity index (χ3n) is 3.65. The smallest absolute Gasteiger partial charge is 0.312 e. The molecular weight excluding hydrogens is 164 g/mol. The van der Waals surface area contributed by atoms with E-state index in [2.05, 4.69) is 6.92 Å². The summed E-state index contributed by atoms with van der Waals surface area (Å²) >= 11 is 0. The first-order valence-electron chi connectivity index (χ1n) is 5.33. The van der Waals surface area contributed by atoms with Crippen molar-refractivity contribution in [2.75, 3.05) is 0 Å². The Morgan fingerprint density at radius 2 is 1.92 bits per heavy atom. The van der Waals surface area contributed by atoms with E-state index in [9.17, 15) is 4.79 Å². The van der Waals surface area contributed by atoms with E-state index in [0.29, 0.717) is 0 Å². The van der Waals surface area contributed by atoms with Gasteiger partial charge in [-0.05, 0) is 38.5 Å². The number of hydrogen-bond acceptors (Lipinski definition) is 2. The van der Waals surface area contributed by atoms with Gasteiger partial charge >= 0.3 is 5.97 Å². The molecule has 1 unspecified atom stereocenters. The molecule has 0 N–H and O–H groups in total. The first kappa shape index (κ1) is 9.04. The van der Waals surface area contributed by atoms with Crippen LogP contribution >= 0.6 is 0 Å². The van der Waals surface area contributed by atoms with Crippen LogP contribution in [-0.4, -0.2) is 12.1 Å². The van der Waals surface area contributed by atoms with Crippen LogP contribution in [0.4, 0.5) is 0 Å². The predicted octanol–water partition coefficient (Wildman–Crippen LogP) is 2.52. The lowest BCUT2D eigenvalue weighted by molar-refractivity contribution is -0.150. The van der Waals surface area contributed by atoms with Crippen molar-refractivity contribution in [2.45, 2.75) is 52.1 Å². The fraction of sp³-hybridized carbons (Fsp3) is 0.909. The molecule has 2 aliphatic rings. The second-order valence-corrected chi connectivity index (χ2v) is 4.88. The van der Waals surface area contributed by atoms with Crippen LogP contribution in [0.3, 0.4) is 0 Å². The molecule has 0 aromatic rings. The Labute approximate surface area is 79.7 Å². The van der Waals surface area contributed by atoms with Gasteiger partial charge in [-0.1, -0.05) is 6.92 Å². The Morgan fingerprint density at radius 3 is 2.38 bits per heavy atom. The molecule has 2 heteroatoms. The Bertz CT molecular complexity index is 214. The molecule has 1 saturated carbocycles. The molecule has 74 valence electrons. The van der Waals surface area contributed by atoms with Crippen molar-refractivity contribution in [1.82, 2.24) is 0 Å². The van der Waals surface area contributed by atoms with Gasteiger partial charge in [0.1, 0.15) is 6.10 Å². The lowest BCUT2D eigenvalue weighted by Gasteiger charge is -2.32. The van der Waals surface area contributed by atoms with Gasteiger partial charge in [0.05, 0.1) is 5.41 Å². The first-order chi connectivity index (χ1) is 6.12. The van der Waals surface area contributed by atoms with Crippen molar-refractivity contribution in [1.29, 1.82) is 0 Å². The van der Waals surface area contributed by atoms with Gasteiger partial charge in [-0.25, -0.2) is 0 Å². The summed E-state index contributed by atoms with van der Waals surface area (Å²) in [5.41, 5.74) is -0.0775. The zero-order chi connectivity index (χ0) is 9.47. The van der Waals surface area contributed by atoms with E-state index in [1.54, 1.807) is 0 Å². The highest BCUT2D eigenvalue weighted by atomic mass is 16.6. The second kappa shape index (κ2) is 3.00. The molecule has 2 rings (SSSR count). The molecule has 0 aromatic carbocycles. The molecule has 13 heavy (non-hydrogen) atoms. The molecule has 0 bridgehead atoms. The summed E-state index contributed by atoms with van der Waals surface area (Å²) in [7, 11) is 0. The normalized spacial score (nSPS) is 45.2. The maximum Gasteiger partial charge on any atom is 0.312 e. The zero-order valence-corrected chi connectivity index (χ0v) is 8.51. The summed E-state index contributed by atoms with van der Waals surface area (Å²) in [5, 5.41) is 0. The van der Waals surface area contributed by atoms with Crippen LogP contribution in [0.2, 0.25) is 0 Å². The number of carbonyl (C=O) groups is 1. The van der Waals surface area contributed by atoms with Crippen LogP contribution in [0.1, 0.15) is 46.0 Å². The predicted molar refractivity (Wildman–Crippen MR) is 50.2 cm³/mol. The maximum atomic E-state index is 11.6. The van der Waals surface area contributed by atoms with Crippen LogP contribution in [0.15, 0.2) is 0 Å². The zero-order valence-electron chi connectivity index (χ0n) is 8.51. The Morgan fingerprint density at radius 1 is 1.31 bits per heavy atom. The summed E-state index contributed by atoms with van der Waals surface area (Å²) in [5.74, 6) is 0.876. The van der Waals surface area contributed by atoms with Gasteiger partial charge in [0.2, 0.25) is 0 Å². The number of rotatable bonds is 0. The lowest BCUT2D eigenvalue weighted by atomic mass is 9.69. The van der Waals surface area contributed by atoms with Gasteiger partial charge in [0.25, 0.3) is 0 Å². The average molecular weight is 182 g/mol. The van der Waals surface area contributed by atoms with Gasteiger partial charge in [-0.15, -0.1) is 0 Å². The number of cyclic esters (lactones) is 1. The van der Waals surface area contributed by atoms with Crippen LogP contribution in [0, 0.1) is 11.3 Å². The highest BCUT2D eigenvalue weighted by molar-refractivity contribution is 5.79. The molecule has 1 saturated heterocycles. The quantitative estimate of drug-likeness (QED) is 0.538. The van der Waals surface area contributed by atoms with Crippen molar-refractivity contribution in [3.8, 4) is 0 Å². The van der Waals surface area contributed by atoms with E-state index in [1.807, 2.05) is 6.92 Å². The van der Waals surface area contributed by atoms with Crippen LogP contribution in [0.5, 0.6) is 0 Å². The monoisotopic (exact) mass is 182 g/mol. The summed E-state index contributed by atoms with van der Waals surface area (Å²) in [6.07, 6.45) is 5.61. The topological polar surface area (TPSA) is 26.3 Å². The van der Waals surface area contributed by atoms with E-state index in [0.717, 1.165) is 25.2 Å². The molecular formula is C11H18O2. The fourth-order valence-electron chi connectivity index (χ4n) is 2.71. The number of esters is 1. The number of carbonyl (C=O) groups excluding carboxylic acids is 1. The molecule has 0 aromatic heterocycles. The SMILES string of the molecule is CC1CCC2(CC1)CC(C)OC2=O. The molecule has 1 aliphatic carbocycles. The molecule has 1 spiro atoms. The third kappa shape index (κ3) is 1.47. The largest absolute Gasteiger partial charge is 0.462 e. The summed E-state index contributed by atoms with van der Waals surface area (Å²) in [6, 6.07) is 0. The van der Waals surface area contributed by atoms with Crippen LogP contribution < -0.4 is 0 Å². The molecule has 0 amide bonds. The molecule has 0 radical (unpaired) electrons. The van der Waals surface area contributed by atoms with E-state index in [4.69, 9.17) is 4.74 Å². The molecule has 2 nitrogen and oxygen atoms in total. The van der Waals surface area contributed by atoms with Crippen molar-refractivity contribution in [2.24, 2.45) is 11.3 Å². The summed E-state index contributed by atoms with van der Waals surface area (Å²) < 4.78 is 5.25. The minimum Gasteiger partial charge on any atom is -0.462 e. The standard InChI is InChI=1S/C11H18O2/c1-8-3-5-11(6-4-8)7-9(2)13-10(11)12/h8-9H,3-7H2,1-2H3. The van der Waals surface area contributed by atoms with Gasteiger partial charge in [-0.2, -0.15) is 0 Å². The fourth-order valence-corrected chi connectivity index (χ4v) is 2.71. The minimum absolute atomic E-state index is 0.0758. The van der Waals surface area contributed by atoms with Crippen molar-refractivity contribution >= 4 is 5.97 Å². The average Bonchev–Trinajstić information content (AvgIpc) is 2.34. The molecule has 1 atom stereocenters. The van der Waals surface area contributed by atoms with E-state index >= 15 is 0 Å². The Kier molecular flexibility index (Phi) is 2.09. The van der Waals surface area contributed by atoms with Gasteiger partial charge in [-0.3, -0.25) is 4.79 Å². The van der Waals surface area contributed by atoms with E-state index in [-0.39, 0.29) is 17.5 Å².